The van der Waals surface area contributed by atoms with Gasteiger partial charge < -0.3 is 10.1 Å². The van der Waals surface area contributed by atoms with Crippen molar-refractivity contribution < 1.29 is 9.13 Å². The smallest absolute Gasteiger partial charge is 0.190 e. The van der Waals surface area contributed by atoms with Crippen LogP contribution < -0.4 is 20.5 Å². The molecule has 2 aromatic rings. The molecule has 2 aromatic carbocycles. The van der Waals surface area contributed by atoms with Gasteiger partial charge in [0.2, 0.25) is 0 Å². The average Bonchev–Trinajstić information content (AvgIpc) is 2.84. The number of methoxy groups -OCH3 is 1. The van der Waals surface area contributed by atoms with E-state index >= 15 is 0 Å². The molecule has 0 spiro atoms. The van der Waals surface area contributed by atoms with Gasteiger partial charge in [0.1, 0.15) is 17.2 Å². The van der Waals surface area contributed by atoms with E-state index in [2.05, 4.69) is 10.7 Å². The van der Waals surface area contributed by atoms with Gasteiger partial charge in [-0.2, -0.15) is 5.43 Å². The third-order valence-corrected chi connectivity index (χ3v) is 3.93. The molecule has 0 aliphatic carbocycles. The van der Waals surface area contributed by atoms with Crippen LogP contribution >= 0.6 is 12.2 Å². The van der Waals surface area contributed by atoms with Crippen molar-refractivity contribution in [2.45, 2.75) is 12.6 Å². The number of hydrogen-bond acceptors (Lipinski definition) is 3. The fourth-order valence-corrected chi connectivity index (χ4v) is 2.76. The molecule has 22 heavy (non-hydrogen) atoms. The minimum absolute atomic E-state index is 0.264. The summed E-state index contributed by atoms with van der Waals surface area (Å²) < 4.78 is 18.3. The Bertz CT molecular complexity index is 690. The first-order valence-electron chi connectivity index (χ1n) is 6.82. The Kier molecular flexibility index (Phi) is 3.72. The van der Waals surface area contributed by atoms with E-state index in [0.717, 1.165) is 17.0 Å². The molecule has 1 atom stereocenters. The highest BCUT2D eigenvalue weighted by atomic mass is 32.1. The van der Waals surface area contributed by atoms with E-state index in [4.69, 9.17) is 17.0 Å². The highest BCUT2D eigenvalue weighted by molar-refractivity contribution is 7.80. The summed E-state index contributed by atoms with van der Waals surface area (Å²) in [5.74, 6) is 0.517. The molecule has 1 unspecified atom stereocenters. The van der Waals surface area contributed by atoms with Gasteiger partial charge in [-0.3, -0.25) is 0 Å². The molecule has 0 radical (unpaired) electrons. The molecule has 0 saturated carbocycles. The van der Waals surface area contributed by atoms with Gasteiger partial charge in [0, 0.05) is 0 Å². The highest BCUT2D eigenvalue weighted by Crippen LogP contribution is 2.27. The number of hydrazine groups is 1. The summed E-state index contributed by atoms with van der Waals surface area (Å²) in [4.78, 5) is 0. The number of anilines is 1. The van der Waals surface area contributed by atoms with Crippen molar-refractivity contribution in [3.05, 3.63) is 59.9 Å². The lowest BCUT2D eigenvalue weighted by Crippen LogP contribution is -2.45. The average molecular weight is 317 g/mol. The number of rotatable bonds is 3. The van der Waals surface area contributed by atoms with Gasteiger partial charge in [-0.25, -0.2) is 9.40 Å². The molecular formula is C16H16FN3OS. The van der Waals surface area contributed by atoms with E-state index in [0.29, 0.717) is 5.11 Å². The van der Waals surface area contributed by atoms with Crippen LogP contribution in [0.15, 0.2) is 48.5 Å². The van der Waals surface area contributed by atoms with Crippen LogP contribution in [-0.4, -0.2) is 12.2 Å². The first kappa shape index (κ1) is 14.7. The van der Waals surface area contributed by atoms with Gasteiger partial charge in [0.05, 0.1) is 12.8 Å². The van der Waals surface area contributed by atoms with Crippen molar-refractivity contribution in [3.8, 4) is 5.75 Å². The van der Waals surface area contributed by atoms with Crippen molar-refractivity contribution >= 4 is 23.0 Å². The van der Waals surface area contributed by atoms with Gasteiger partial charge in [0.15, 0.2) is 5.11 Å². The van der Waals surface area contributed by atoms with E-state index in [1.54, 1.807) is 24.3 Å². The van der Waals surface area contributed by atoms with E-state index in [-0.39, 0.29) is 5.82 Å². The van der Waals surface area contributed by atoms with Gasteiger partial charge in [0.25, 0.3) is 0 Å². The number of thiocarbonyl (C=S) groups is 1. The van der Waals surface area contributed by atoms with E-state index in [9.17, 15) is 4.39 Å². The summed E-state index contributed by atoms with van der Waals surface area (Å²) in [6.45, 7) is 1.95. The molecular weight excluding hydrogens is 301 g/mol. The quantitative estimate of drug-likeness (QED) is 0.851. The van der Waals surface area contributed by atoms with Crippen molar-refractivity contribution in [2.24, 2.45) is 0 Å². The largest absolute Gasteiger partial charge is 0.497 e. The SMILES string of the molecule is COc1ccc(N2NC(C)(c3ccc(F)cc3)NC2=S)cc1. The van der Waals surface area contributed by atoms with Crippen LogP contribution in [0.1, 0.15) is 12.5 Å². The van der Waals surface area contributed by atoms with Gasteiger partial charge in [-0.1, -0.05) is 12.1 Å². The minimum Gasteiger partial charge on any atom is -0.497 e. The highest BCUT2D eigenvalue weighted by Gasteiger charge is 2.38. The lowest BCUT2D eigenvalue weighted by atomic mass is 10.0. The Morgan fingerprint density at radius 2 is 1.73 bits per heavy atom. The second-order valence-corrected chi connectivity index (χ2v) is 5.59. The Labute approximate surface area is 133 Å². The molecule has 0 amide bonds. The molecule has 1 heterocycles. The van der Waals surface area contributed by atoms with Crippen molar-refractivity contribution in [1.29, 1.82) is 0 Å². The summed E-state index contributed by atoms with van der Waals surface area (Å²) >= 11 is 5.41. The Morgan fingerprint density at radius 3 is 2.32 bits per heavy atom. The first-order chi connectivity index (χ1) is 10.5. The van der Waals surface area contributed by atoms with E-state index < -0.39 is 5.66 Å². The fourth-order valence-electron chi connectivity index (χ4n) is 2.41. The summed E-state index contributed by atoms with van der Waals surface area (Å²) in [6, 6.07) is 13.9. The first-order valence-corrected chi connectivity index (χ1v) is 7.23. The lowest BCUT2D eigenvalue weighted by Gasteiger charge is -2.26. The number of ether oxygens (including phenoxy) is 1. The number of nitrogens with one attached hydrogen (secondary N) is 2. The second-order valence-electron chi connectivity index (χ2n) is 5.21. The molecule has 114 valence electrons. The fraction of sp³-hybridized carbons (Fsp3) is 0.188. The molecule has 1 fully saturated rings. The molecule has 0 aromatic heterocycles. The minimum atomic E-state index is -0.593. The zero-order chi connectivity index (χ0) is 15.7. The molecule has 0 bridgehead atoms. The summed E-state index contributed by atoms with van der Waals surface area (Å²) in [7, 11) is 1.63. The van der Waals surface area contributed by atoms with Crippen LogP contribution in [0.2, 0.25) is 0 Å². The van der Waals surface area contributed by atoms with Crippen LogP contribution in [0.5, 0.6) is 5.75 Å². The maximum atomic E-state index is 13.1. The molecule has 1 aliphatic rings. The van der Waals surface area contributed by atoms with Gasteiger partial charge >= 0.3 is 0 Å². The predicted octanol–water partition coefficient (Wildman–Crippen LogP) is 2.91. The summed E-state index contributed by atoms with van der Waals surface area (Å²) in [5, 5.41) is 5.58. The van der Waals surface area contributed by atoms with Crippen LogP contribution in [0.25, 0.3) is 0 Å². The molecule has 3 rings (SSSR count). The van der Waals surface area contributed by atoms with E-state index in [1.807, 2.05) is 31.2 Å². The number of nitrogens with zero attached hydrogens (tertiary/aromatic N) is 1. The van der Waals surface area contributed by atoms with Crippen LogP contribution in [0, 0.1) is 5.82 Å². The number of halogens is 1. The van der Waals surface area contributed by atoms with Gasteiger partial charge in [-0.05, 0) is 61.1 Å². The third-order valence-electron chi connectivity index (χ3n) is 3.65. The Hall–Kier alpha value is -2.18. The monoisotopic (exact) mass is 317 g/mol. The zero-order valence-corrected chi connectivity index (χ0v) is 13.1. The number of hydrogen-bond donors (Lipinski definition) is 2. The molecule has 2 N–H and O–H groups in total. The van der Waals surface area contributed by atoms with Crippen molar-refractivity contribution in [1.82, 2.24) is 10.7 Å². The molecule has 4 nitrogen and oxygen atoms in total. The van der Waals surface area contributed by atoms with Crippen molar-refractivity contribution in [2.75, 3.05) is 12.1 Å². The number of benzene rings is 2. The molecule has 6 heteroatoms. The normalized spacial score (nSPS) is 20.9. The van der Waals surface area contributed by atoms with Crippen LogP contribution in [0.3, 0.4) is 0 Å². The maximum Gasteiger partial charge on any atom is 0.190 e. The summed E-state index contributed by atoms with van der Waals surface area (Å²) in [6.07, 6.45) is 0. The lowest BCUT2D eigenvalue weighted by molar-refractivity contribution is 0.389. The molecule has 1 aliphatic heterocycles. The predicted molar refractivity (Wildman–Crippen MR) is 88.1 cm³/mol. The van der Waals surface area contributed by atoms with Crippen LogP contribution in [0.4, 0.5) is 10.1 Å². The van der Waals surface area contributed by atoms with Gasteiger partial charge in [-0.15, -0.1) is 0 Å². The standard InChI is InChI=1S/C16H16FN3OS/c1-16(11-3-5-12(17)6-4-11)18-15(22)20(19-16)13-7-9-14(21-2)10-8-13/h3-10,19H,1-2H3,(H,18,22). The second kappa shape index (κ2) is 5.55. The Morgan fingerprint density at radius 1 is 1.09 bits per heavy atom. The molecule has 1 saturated heterocycles. The third kappa shape index (κ3) is 2.63. The summed E-state index contributed by atoms with van der Waals surface area (Å²) in [5.41, 5.74) is 4.52. The van der Waals surface area contributed by atoms with Crippen molar-refractivity contribution in [3.63, 3.8) is 0 Å². The topological polar surface area (TPSA) is 36.5 Å². The van der Waals surface area contributed by atoms with Crippen LogP contribution in [-0.2, 0) is 5.66 Å². The van der Waals surface area contributed by atoms with E-state index in [1.165, 1.54) is 12.1 Å². The maximum absolute atomic E-state index is 13.1. The zero-order valence-electron chi connectivity index (χ0n) is 12.3. The Balaban J connectivity index is 1.86.